The Kier molecular flexibility index (Phi) is 5.27. The third kappa shape index (κ3) is 4.00. The summed E-state index contributed by atoms with van der Waals surface area (Å²) in [5.74, 6) is 0.361. The van der Waals surface area contributed by atoms with E-state index in [2.05, 4.69) is 25.3 Å². The molecule has 8 heteroatoms. The average molecular weight is 378 g/mol. The zero-order chi connectivity index (χ0) is 19.3. The highest BCUT2D eigenvalue weighted by Gasteiger charge is 2.28. The van der Waals surface area contributed by atoms with Gasteiger partial charge in [-0.25, -0.2) is 15.0 Å². The van der Waals surface area contributed by atoms with Gasteiger partial charge in [-0.3, -0.25) is 9.59 Å². The molecular formula is C20H22N6O2. The second kappa shape index (κ2) is 8.16. The van der Waals surface area contributed by atoms with Crippen molar-refractivity contribution in [3.63, 3.8) is 0 Å². The van der Waals surface area contributed by atoms with Crippen LogP contribution in [-0.2, 0) is 9.59 Å². The maximum Gasteiger partial charge on any atom is 0.267 e. The smallest absolute Gasteiger partial charge is 0.267 e. The molecule has 1 N–H and O–H groups in total. The normalized spacial score (nSPS) is 19.9. The van der Waals surface area contributed by atoms with Crippen LogP contribution in [-0.4, -0.2) is 46.6 Å². The number of amides is 2. The number of carbonyl (C=O) groups excluding carboxylic acids is 2. The Morgan fingerprint density at radius 1 is 1.07 bits per heavy atom. The van der Waals surface area contributed by atoms with Gasteiger partial charge in [0.25, 0.3) is 5.91 Å². The number of benzene rings is 1. The molecule has 2 aromatic rings. The summed E-state index contributed by atoms with van der Waals surface area (Å²) in [7, 11) is 0. The first-order chi connectivity index (χ1) is 13.7. The Balaban J connectivity index is 1.43. The number of aromatic nitrogens is 2. The van der Waals surface area contributed by atoms with Crippen molar-refractivity contribution in [2.75, 3.05) is 23.0 Å². The third-order valence-electron chi connectivity index (χ3n) is 4.89. The van der Waals surface area contributed by atoms with Crippen LogP contribution in [0.5, 0.6) is 0 Å². The first-order valence-corrected chi connectivity index (χ1v) is 9.49. The highest BCUT2D eigenvalue weighted by atomic mass is 16.2. The first kappa shape index (κ1) is 18.1. The van der Waals surface area contributed by atoms with Crippen molar-refractivity contribution in [3.05, 3.63) is 48.8 Å². The van der Waals surface area contributed by atoms with Crippen molar-refractivity contribution in [3.8, 4) is 0 Å². The SMILES string of the molecule is O=C(NC1CCCN(c2ncccn2)C1)C1=NN(c2ccccc2)C(=O)CC1. The van der Waals surface area contributed by atoms with E-state index in [1.165, 1.54) is 5.01 Å². The first-order valence-electron chi connectivity index (χ1n) is 9.49. The summed E-state index contributed by atoms with van der Waals surface area (Å²) >= 11 is 0. The summed E-state index contributed by atoms with van der Waals surface area (Å²) in [5, 5.41) is 8.72. The van der Waals surface area contributed by atoms with Gasteiger partial charge in [-0.2, -0.15) is 5.10 Å². The zero-order valence-electron chi connectivity index (χ0n) is 15.5. The Bertz CT molecular complexity index is 871. The molecule has 2 aliphatic heterocycles. The van der Waals surface area contributed by atoms with Crippen molar-refractivity contribution < 1.29 is 9.59 Å². The molecule has 8 nitrogen and oxygen atoms in total. The van der Waals surface area contributed by atoms with E-state index in [9.17, 15) is 9.59 Å². The highest BCUT2D eigenvalue weighted by Crippen LogP contribution is 2.20. The second-order valence-electron chi connectivity index (χ2n) is 6.90. The number of piperidine rings is 1. The van der Waals surface area contributed by atoms with Crippen molar-refractivity contribution in [2.45, 2.75) is 31.7 Å². The fraction of sp³-hybridized carbons (Fsp3) is 0.350. The molecule has 1 fully saturated rings. The summed E-state index contributed by atoms with van der Waals surface area (Å²) in [6.45, 7) is 1.53. The molecule has 2 aliphatic rings. The predicted molar refractivity (Wildman–Crippen MR) is 106 cm³/mol. The monoisotopic (exact) mass is 378 g/mol. The van der Waals surface area contributed by atoms with Crippen LogP contribution < -0.4 is 15.2 Å². The summed E-state index contributed by atoms with van der Waals surface area (Å²) in [4.78, 5) is 35.6. The molecule has 0 aliphatic carbocycles. The van der Waals surface area contributed by atoms with Crippen LogP contribution in [0.15, 0.2) is 53.9 Å². The third-order valence-corrected chi connectivity index (χ3v) is 4.89. The molecule has 1 saturated heterocycles. The molecule has 1 atom stereocenters. The molecule has 0 radical (unpaired) electrons. The van der Waals surface area contributed by atoms with Crippen LogP contribution in [0.1, 0.15) is 25.7 Å². The van der Waals surface area contributed by atoms with E-state index in [-0.39, 0.29) is 24.3 Å². The van der Waals surface area contributed by atoms with E-state index in [4.69, 9.17) is 0 Å². The molecule has 2 amide bonds. The van der Waals surface area contributed by atoms with Crippen LogP contribution in [0.4, 0.5) is 11.6 Å². The van der Waals surface area contributed by atoms with E-state index >= 15 is 0 Å². The number of hydrazone groups is 1. The maximum atomic E-state index is 12.8. The summed E-state index contributed by atoms with van der Waals surface area (Å²) < 4.78 is 0. The molecule has 3 heterocycles. The molecule has 0 spiro atoms. The van der Waals surface area contributed by atoms with Gasteiger partial charge in [0, 0.05) is 44.4 Å². The van der Waals surface area contributed by atoms with E-state index in [0.29, 0.717) is 30.3 Å². The lowest BCUT2D eigenvalue weighted by molar-refractivity contribution is -0.119. The second-order valence-corrected chi connectivity index (χ2v) is 6.90. The van der Waals surface area contributed by atoms with E-state index in [1.807, 2.05) is 18.2 Å². The van der Waals surface area contributed by atoms with E-state index in [1.54, 1.807) is 30.6 Å². The number of nitrogens with one attached hydrogen (secondary N) is 1. The molecule has 28 heavy (non-hydrogen) atoms. The van der Waals surface area contributed by atoms with Crippen LogP contribution in [0, 0.1) is 0 Å². The van der Waals surface area contributed by atoms with Crippen molar-refractivity contribution >= 4 is 29.2 Å². The minimum atomic E-state index is -0.214. The van der Waals surface area contributed by atoms with Gasteiger partial charge >= 0.3 is 0 Å². The number of rotatable bonds is 4. The lowest BCUT2D eigenvalue weighted by Gasteiger charge is -2.33. The molecule has 0 saturated carbocycles. The van der Waals surface area contributed by atoms with Gasteiger partial charge in [-0.15, -0.1) is 0 Å². The van der Waals surface area contributed by atoms with Gasteiger partial charge < -0.3 is 10.2 Å². The highest BCUT2D eigenvalue weighted by molar-refractivity contribution is 6.40. The molecular weight excluding hydrogens is 356 g/mol. The quantitative estimate of drug-likeness (QED) is 0.875. The Morgan fingerprint density at radius 2 is 1.86 bits per heavy atom. The number of hydrogen-bond acceptors (Lipinski definition) is 6. The lowest BCUT2D eigenvalue weighted by Crippen LogP contribution is -2.50. The van der Waals surface area contributed by atoms with Gasteiger partial charge in [-0.1, -0.05) is 18.2 Å². The Morgan fingerprint density at radius 3 is 2.64 bits per heavy atom. The minimum Gasteiger partial charge on any atom is -0.346 e. The topological polar surface area (TPSA) is 90.8 Å². The maximum absolute atomic E-state index is 12.8. The Labute approximate surface area is 163 Å². The van der Waals surface area contributed by atoms with Crippen LogP contribution in [0.25, 0.3) is 0 Å². The van der Waals surface area contributed by atoms with Gasteiger partial charge in [0.15, 0.2) is 0 Å². The number of anilines is 2. The van der Waals surface area contributed by atoms with Crippen LogP contribution in [0.3, 0.4) is 0 Å². The van der Waals surface area contributed by atoms with Crippen molar-refractivity contribution in [2.24, 2.45) is 5.10 Å². The van der Waals surface area contributed by atoms with Gasteiger partial charge in [0.2, 0.25) is 11.9 Å². The summed E-state index contributed by atoms with van der Waals surface area (Å²) in [6.07, 6.45) is 5.91. The largest absolute Gasteiger partial charge is 0.346 e. The lowest BCUT2D eigenvalue weighted by atomic mass is 10.0. The fourth-order valence-corrected chi connectivity index (χ4v) is 3.49. The van der Waals surface area contributed by atoms with E-state index < -0.39 is 0 Å². The van der Waals surface area contributed by atoms with Gasteiger partial charge in [0.1, 0.15) is 5.71 Å². The van der Waals surface area contributed by atoms with Crippen molar-refractivity contribution in [1.82, 2.24) is 15.3 Å². The summed E-state index contributed by atoms with van der Waals surface area (Å²) in [6, 6.07) is 11.0. The molecule has 0 bridgehead atoms. The predicted octanol–water partition coefficient (Wildman–Crippen LogP) is 1.74. The molecule has 144 valence electrons. The molecule has 1 unspecified atom stereocenters. The van der Waals surface area contributed by atoms with Crippen molar-refractivity contribution in [1.29, 1.82) is 0 Å². The fourth-order valence-electron chi connectivity index (χ4n) is 3.49. The van der Waals surface area contributed by atoms with Gasteiger partial charge in [-0.05, 0) is 31.0 Å². The van der Waals surface area contributed by atoms with Crippen LogP contribution in [0.2, 0.25) is 0 Å². The van der Waals surface area contributed by atoms with Crippen LogP contribution >= 0.6 is 0 Å². The van der Waals surface area contributed by atoms with E-state index in [0.717, 1.165) is 19.4 Å². The average Bonchev–Trinajstić information content (AvgIpc) is 2.75. The minimum absolute atomic E-state index is 0.00411. The van der Waals surface area contributed by atoms with Gasteiger partial charge in [0.05, 0.1) is 5.69 Å². The number of para-hydroxylation sites is 1. The zero-order valence-corrected chi connectivity index (χ0v) is 15.5. The number of nitrogens with zero attached hydrogens (tertiary/aromatic N) is 5. The summed E-state index contributed by atoms with van der Waals surface area (Å²) in [5.41, 5.74) is 1.05. The standard InChI is InChI=1S/C20H22N6O2/c27-18-10-9-17(24-26(18)16-7-2-1-3-8-16)19(28)23-15-6-4-13-25(14-15)20-21-11-5-12-22-20/h1-3,5,7-8,11-12,15H,4,6,9-10,13-14H2,(H,23,28). The molecule has 1 aromatic heterocycles. The number of carbonyl (C=O) groups is 2. The molecule has 1 aromatic carbocycles. The number of hydrogen-bond donors (Lipinski definition) is 1. The Hall–Kier alpha value is -3.29. The molecule has 4 rings (SSSR count).